The van der Waals surface area contributed by atoms with Crippen LogP contribution in [0.5, 0.6) is 5.75 Å². The third-order valence-corrected chi connectivity index (χ3v) is 3.52. The molecule has 1 aromatic heterocycles. The first-order valence-corrected chi connectivity index (χ1v) is 8.24. The lowest BCUT2D eigenvalue weighted by molar-refractivity contribution is 0.368. The van der Waals surface area contributed by atoms with E-state index in [9.17, 15) is 0 Å². The van der Waals surface area contributed by atoms with Crippen LogP contribution in [0.25, 0.3) is 0 Å². The molecular formula is C10H15N2O3PS. The Labute approximate surface area is 105 Å². The fourth-order valence-electron chi connectivity index (χ4n) is 2.08. The number of nitrogens with zero attached hydrogens (tertiary/aromatic N) is 2. The van der Waals surface area contributed by atoms with Gasteiger partial charge in [-0.15, -0.1) is 0 Å². The Kier molecular flexibility index (Phi) is 4.09. The molecule has 0 saturated heterocycles. The standard InChI is InChI=1S/C10H15N2O3PS/c13-16(14,17)15-9-6-11-10(12-7-9)8-4-2-1-3-5-8/h6-8H,1-5H2,(H2,13,14,17). The van der Waals surface area contributed by atoms with Crippen molar-refractivity contribution in [2.45, 2.75) is 38.0 Å². The average molecular weight is 274 g/mol. The van der Waals surface area contributed by atoms with Crippen molar-refractivity contribution in [2.75, 3.05) is 0 Å². The van der Waals surface area contributed by atoms with Gasteiger partial charge in [0, 0.05) is 17.7 Å². The lowest BCUT2D eigenvalue weighted by Gasteiger charge is -2.20. The van der Waals surface area contributed by atoms with E-state index < -0.39 is 6.72 Å². The van der Waals surface area contributed by atoms with E-state index in [1.165, 1.54) is 31.7 Å². The van der Waals surface area contributed by atoms with Gasteiger partial charge in [0.15, 0.2) is 5.75 Å². The van der Waals surface area contributed by atoms with Crippen LogP contribution in [0.15, 0.2) is 12.4 Å². The van der Waals surface area contributed by atoms with Crippen molar-refractivity contribution in [2.24, 2.45) is 0 Å². The zero-order valence-electron chi connectivity index (χ0n) is 9.32. The highest BCUT2D eigenvalue weighted by Gasteiger charge is 2.18. The number of rotatable bonds is 3. The van der Waals surface area contributed by atoms with E-state index in [4.69, 9.17) is 14.3 Å². The van der Waals surface area contributed by atoms with Crippen LogP contribution in [-0.4, -0.2) is 19.8 Å². The summed E-state index contributed by atoms with van der Waals surface area (Å²) in [6, 6.07) is 0. The van der Waals surface area contributed by atoms with Crippen molar-refractivity contribution in [3.8, 4) is 5.75 Å². The largest absolute Gasteiger partial charge is 0.421 e. The van der Waals surface area contributed by atoms with E-state index in [0.717, 1.165) is 18.7 Å². The van der Waals surface area contributed by atoms with Crippen molar-refractivity contribution in [1.82, 2.24) is 9.97 Å². The predicted molar refractivity (Wildman–Crippen MR) is 67.2 cm³/mol. The lowest BCUT2D eigenvalue weighted by atomic mass is 9.89. The number of aromatic nitrogens is 2. The molecular weight excluding hydrogens is 259 g/mol. The fraction of sp³-hybridized carbons (Fsp3) is 0.600. The minimum Gasteiger partial charge on any atom is -0.421 e. The van der Waals surface area contributed by atoms with Gasteiger partial charge in [0.1, 0.15) is 5.82 Å². The lowest BCUT2D eigenvalue weighted by Crippen LogP contribution is -2.08. The first-order valence-electron chi connectivity index (χ1n) is 5.62. The molecule has 2 rings (SSSR count). The summed E-state index contributed by atoms with van der Waals surface area (Å²) in [6.07, 6.45) is 8.88. The molecule has 0 bridgehead atoms. The van der Waals surface area contributed by atoms with Gasteiger partial charge in [-0.1, -0.05) is 19.3 Å². The summed E-state index contributed by atoms with van der Waals surface area (Å²) in [5.74, 6) is 1.43. The van der Waals surface area contributed by atoms with Crippen LogP contribution in [0.1, 0.15) is 43.8 Å². The van der Waals surface area contributed by atoms with E-state index in [1.54, 1.807) is 0 Å². The minimum absolute atomic E-state index is 0.206. The molecule has 1 heterocycles. The third kappa shape index (κ3) is 4.00. The van der Waals surface area contributed by atoms with Crippen molar-refractivity contribution in [3.05, 3.63) is 18.2 Å². The second-order valence-electron chi connectivity index (χ2n) is 4.19. The summed E-state index contributed by atoms with van der Waals surface area (Å²) in [6.45, 7) is -3.68. The van der Waals surface area contributed by atoms with Gasteiger partial charge in [-0.05, 0) is 12.8 Å². The molecule has 0 radical (unpaired) electrons. The molecule has 0 aromatic carbocycles. The Morgan fingerprint density at radius 3 is 2.29 bits per heavy atom. The van der Waals surface area contributed by atoms with Crippen LogP contribution in [0.3, 0.4) is 0 Å². The molecule has 7 heteroatoms. The maximum absolute atomic E-state index is 8.99. The van der Waals surface area contributed by atoms with Gasteiger partial charge in [0.2, 0.25) is 0 Å². The molecule has 1 aliphatic rings. The predicted octanol–water partition coefficient (Wildman–Crippen LogP) is 2.11. The first-order chi connectivity index (χ1) is 8.04. The van der Waals surface area contributed by atoms with Crippen LogP contribution >= 0.6 is 6.72 Å². The average Bonchev–Trinajstić information content (AvgIpc) is 2.29. The van der Waals surface area contributed by atoms with Crippen molar-refractivity contribution < 1.29 is 14.3 Å². The highest BCUT2D eigenvalue weighted by molar-refractivity contribution is 8.06. The summed E-state index contributed by atoms with van der Waals surface area (Å²) in [4.78, 5) is 26.4. The summed E-state index contributed by atoms with van der Waals surface area (Å²) < 4.78 is 4.76. The number of hydrogen-bond donors (Lipinski definition) is 2. The second kappa shape index (κ2) is 5.40. The van der Waals surface area contributed by atoms with Gasteiger partial charge in [-0.25, -0.2) is 9.97 Å². The quantitative estimate of drug-likeness (QED) is 0.822. The van der Waals surface area contributed by atoms with Gasteiger partial charge < -0.3 is 14.3 Å². The highest BCUT2D eigenvalue weighted by atomic mass is 32.5. The Bertz CT molecular complexity index is 414. The van der Waals surface area contributed by atoms with Gasteiger partial charge in [-0.3, -0.25) is 0 Å². The number of hydrogen-bond acceptors (Lipinski definition) is 4. The SMILES string of the molecule is OP(O)(=S)Oc1cnc(C2CCCCC2)nc1. The maximum atomic E-state index is 8.99. The van der Waals surface area contributed by atoms with Crippen LogP contribution in [0.2, 0.25) is 0 Å². The molecule has 94 valence electrons. The molecule has 0 amide bonds. The maximum Gasteiger partial charge on any atom is 0.375 e. The third-order valence-electron chi connectivity index (χ3n) is 2.84. The zero-order valence-corrected chi connectivity index (χ0v) is 11.0. The van der Waals surface area contributed by atoms with Crippen molar-refractivity contribution in [1.29, 1.82) is 0 Å². The van der Waals surface area contributed by atoms with Crippen LogP contribution in [0.4, 0.5) is 0 Å². The molecule has 1 saturated carbocycles. The smallest absolute Gasteiger partial charge is 0.375 e. The topological polar surface area (TPSA) is 75.5 Å². The Hall–Kier alpha value is -0.550. The molecule has 0 atom stereocenters. The van der Waals surface area contributed by atoms with E-state index in [0.29, 0.717) is 5.92 Å². The Morgan fingerprint density at radius 2 is 1.76 bits per heavy atom. The summed E-state index contributed by atoms with van der Waals surface area (Å²) in [7, 11) is 0. The summed E-state index contributed by atoms with van der Waals surface area (Å²) >= 11 is 4.37. The first kappa shape index (κ1) is 12.9. The van der Waals surface area contributed by atoms with Gasteiger partial charge >= 0.3 is 6.72 Å². The van der Waals surface area contributed by atoms with Gasteiger partial charge in [-0.2, -0.15) is 0 Å². The summed E-state index contributed by atoms with van der Waals surface area (Å²) in [5, 5.41) is 0. The fourth-order valence-corrected chi connectivity index (χ4v) is 2.71. The molecule has 17 heavy (non-hydrogen) atoms. The highest BCUT2D eigenvalue weighted by Crippen LogP contribution is 2.37. The molecule has 1 fully saturated rings. The van der Waals surface area contributed by atoms with Crippen LogP contribution in [-0.2, 0) is 11.8 Å². The van der Waals surface area contributed by atoms with Gasteiger partial charge in [0.05, 0.1) is 12.4 Å². The van der Waals surface area contributed by atoms with Crippen molar-refractivity contribution >= 4 is 18.5 Å². The van der Waals surface area contributed by atoms with Crippen LogP contribution < -0.4 is 4.52 Å². The molecule has 1 aromatic rings. The molecule has 2 N–H and O–H groups in total. The van der Waals surface area contributed by atoms with Gasteiger partial charge in [0.25, 0.3) is 0 Å². The van der Waals surface area contributed by atoms with E-state index in [1.807, 2.05) is 0 Å². The minimum atomic E-state index is -3.68. The normalized spacial score (nSPS) is 18.0. The Morgan fingerprint density at radius 1 is 1.18 bits per heavy atom. The summed E-state index contributed by atoms with van der Waals surface area (Å²) in [5.41, 5.74) is 0. The van der Waals surface area contributed by atoms with Crippen molar-refractivity contribution in [3.63, 3.8) is 0 Å². The van der Waals surface area contributed by atoms with E-state index in [-0.39, 0.29) is 5.75 Å². The monoisotopic (exact) mass is 274 g/mol. The van der Waals surface area contributed by atoms with Crippen LogP contribution in [0, 0.1) is 0 Å². The Balaban J connectivity index is 2.04. The van der Waals surface area contributed by atoms with E-state index >= 15 is 0 Å². The molecule has 1 aliphatic carbocycles. The second-order valence-corrected chi connectivity index (χ2v) is 6.78. The zero-order chi connectivity index (χ0) is 12.3. The van der Waals surface area contributed by atoms with E-state index in [2.05, 4.69) is 21.8 Å². The molecule has 0 unspecified atom stereocenters. The molecule has 5 nitrogen and oxygen atoms in total. The molecule has 0 spiro atoms. The molecule has 0 aliphatic heterocycles.